The van der Waals surface area contributed by atoms with Gasteiger partial charge in [0.05, 0.1) is 12.5 Å². The molecule has 0 radical (unpaired) electrons. The summed E-state index contributed by atoms with van der Waals surface area (Å²) in [6.45, 7) is 1.37. The minimum Gasteiger partial charge on any atom is -0.391 e. The molecular formula is C9H15NO2S2. The molecule has 0 aromatic heterocycles. The van der Waals surface area contributed by atoms with Crippen LogP contribution in [0.4, 0.5) is 0 Å². The van der Waals surface area contributed by atoms with Crippen LogP contribution in [0.2, 0.25) is 0 Å². The highest BCUT2D eigenvalue weighted by Crippen LogP contribution is 2.25. The summed E-state index contributed by atoms with van der Waals surface area (Å²) in [5.74, 6) is 3.69. The highest BCUT2D eigenvalue weighted by molar-refractivity contribution is 8.06. The van der Waals surface area contributed by atoms with Gasteiger partial charge >= 0.3 is 0 Å². The number of aliphatic hydroxyl groups is 1. The molecule has 2 atom stereocenters. The predicted molar refractivity (Wildman–Crippen MR) is 60.8 cm³/mol. The average molecular weight is 233 g/mol. The molecule has 2 unspecified atom stereocenters. The smallest absolute Gasteiger partial charge is 0.225 e. The summed E-state index contributed by atoms with van der Waals surface area (Å²) in [4.78, 5) is 13.2. The molecule has 2 saturated heterocycles. The molecule has 0 saturated carbocycles. The number of likely N-dealkylation sites (tertiary alicyclic amines) is 1. The van der Waals surface area contributed by atoms with Gasteiger partial charge in [0.2, 0.25) is 5.91 Å². The van der Waals surface area contributed by atoms with Crippen LogP contribution < -0.4 is 0 Å². The first-order valence-electron chi connectivity index (χ1n) is 4.91. The molecule has 0 spiro atoms. The Kier molecular flexibility index (Phi) is 3.62. The zero-order chi connectivity index (χ0) is 9.97. The summed E-state index contributed by atoms with van der Waals surface area (Å²) >= 11 is 3.92. The van der Waals surface area contributed by atoms with Crippen molar-refractivity contribution in [1.82, 2.24) is 4.90 Å². The first kappa shape index (κ1) is 10.6. The number of amides is 1. The number of hydrogen-bond donors (Lipinski definition) is 1. The zero-order valence-electron chi connectivity index (χ0n) is 8.02. The third kappa shape index (κ3) is 2.58. The van der Waals surface area contributed by atoms with Gasteiger partial charge in [-0.15, -0.1) is 0 Å². The molecule has 1 N–H and O–H groups in total. The number of nitrogens with zero attached hydrogens (tertiary/aromatic N) is 1. The summed E-state index contributed by atoms with van der Waals surface area (Å²) in [7, 11) is 0. The van der Waals surface area contributed by atoms with Crippen LogP contribution in [0, 0.1) is 0 Å². The summed E-state index contributed by atoms with van der Waals surface area (Å²) in [6.07, 6.45) is -0.103. The molecule has 0 aromatic carbocycles. The summed E-state index contributed by atoms with van der Waals surface area (Å²) < 4.78 is 0. The Morgan fingerprint density at radius 2 is 2.36 bits per heavy atom. The molecular weight excluding hydrogens is 218 g/mol. The normalized spacial score (nSPS) is 33.8. The average Bonchev–Trinajstić information content (AvgIpc) is 2.47. The maximum atomic E-state index is 11.4. The largest absolute Gasteiger partial charge is 0.391 e. The molecule has 1 amide bonds. The summed E-state index contributed by atoms with van der Waals surface area (Å²) in [5.41, 5.74) is 0. The number of carbonyl (C=O) groups is 1. The van der Waals surface area contributed by atoms with E-state index in [0.717, 1.165) is 12.3 Å². The van der Waals surface area contributed by atoms with E-state index in [1.165, 1.54) is 11.5 Å². The van der Waals surface area contributed by atoms with Gasteiger partial charge in [0, 0.05) is 35.6 Å². The van der Waals surface area contributed by atoms with E-state index >= 15 is 0 Å². The van der Waals surface area contributed by atoms with Gasteiger partial charge in [-0.2, -0.15) is 23.5 Å². The quantitative estimate of drug-likeness (QED) is 0.751. The van der Waals surface area contributed by atoms with Crippen LogP contribution in [-0.4, -0.2) is 57.6 Å². The van der Waals surface area contributed by atoms with Crippen molar-refractivity contribution < 1.29 is 9.90 Å². The number of β-amino-alcohol motifs (C(OH)–C–C–N with tert-alkyl or cyclic N) is 1. The van der Waals surface area contributed by atoms with Crippen molar-refractivity contribution in [2.75, 3.05) is 30.3 Å². The Labute approximate surface area is 92.6 Å². The molecule has 3 nitrogen and oxygen atoms in total. The van der Waals surface area contributed by atoms with Crippen molar-refractivity contribution >= 4 is 29.4 Å². The SMILES string of the molecule is O=C1CC(O)CN1CC1CSCCS1. The van der Waals surface area contributed by atoms with Crippen molar-refractivity contribution in [3.63, 3.8) is 0 Å². The standard InChI is InChI=1S/C9H15NO2S2/c11-7-3-9(12)10(4-7)5-8-6-13-1-2-14-8/h7-8,11H,1-6H2. The molecule has 0 bridgehead atoms. The zero-order valence-corrected chi connectivity index (χ0v) is 9.65. The molecule has 0 aromatic rings. The Hall–Kier alpha value is 0.130. The minimum atomic E-state index is -0.427. The van der Waals surface area contributed by atoms with Crippen molar-refractivity contribution in [3.8, 4) is 0 Å². The predicted octanol–water partition coefficient (Wildman–Crippen LogP) is 0.428. The van der Waals surface area contributed by atoms with Crippen LogP contribution in [0.5, 0.6) is 0 Å². The molecule has 14 heavy (non-hydrogen) atoms. The molecule has 80 valence electrons. The lowest BCUT2D eigenvalue weighted by atomic mass is 10.3. The number of aliphatic hydroxyl groups excluding tert-OH is 1. The van der Waals surface area contributed by atoms with Crippen molar-refractivity contribution in [2.45, 2.75) is 17.8 Å². The second kappa shape index (κ2) is 4.77. The maximum absolute atomic E-state index is 11.4. The second-order valence-electron chi connectivity index (χ2n) is 3.72. The number of carbonyl (C=O) groups excluding carboxylic acids is 1. The maximum Gasteiger partial charge on any atom is 0.225 e. The van der Waals surface area contributed by atoms with Gasteiger partial charge in [-0.05, 0) is 0 Å². The lowest BCUT2D eigenvalue weighted by Crippen LogP contribution is -2.35. The van der Waals surface area contributed by atoms with E-state index in [2.05, 4.69) is 0 Å². The van der Waals surface area contributed by atoms with E-state index in [1.54, 1.807) is 0 Å². The van der Waals surface area contributed by atoms with Crippen LogP contribution in [-0.2, 0) is 4.79 Å². The third-order valence-electron chi connectivity index (χ3n) is 2.50. The Morgan fingerprint density at radius 1 is 1.50 bits per heavy atom. The highest BCUT2D eigenvalue weighted by atomic mass is 32.2. The summed E-state index contributed by atoms with van der Waals surface area (Å²) in [5, 5.41) is 9.90. The van der Waals surface area contributed by atoms with Crippen molar-refractivity contribution in [2.24, 2.45) is 0 Å². The number of rotatable bonds is 2. The van der Waals surface area contributed by atoms with Crippen LogP contribution >= 0.6 is 23.5 Å². The van der Waals surface area contributed by atoms with E-state index < -0.39 is 6.10 Å². The minimum absolute atomic E-state index is 0.119. The van der Waals surface area contributed by atoms with Crippen LogP contribution in [0.1, 0.15) is 6.42 Å². The Morgan fingerprint density at radius 3 is 2.93 bits per heavy atom. The Balaban J connectivity index is 1.81. The fourth-order valence-corrected chi connectivity index (χ4v) is 4.50. The first-order valence-corrected chi connectivity index (χ1v) is 7.11. The van der Waals surface area contributed by atoms with Crippen LogP contribution in [0.25, 0.3) is 0 Å². The van der Waals surface area contributed by atoms with Crippen LogP contribution in [0.3, 0.4) is 0 Å². The fraction of sp³-hybridized carbons (Fsp3) is 0.889. The topological polar surface area (TPSA) is 40.5 Å². The second-order valence-corrected chi connectivity index (χ2v) is 6.28. The van der Waals surface area contributed by atoms with Gasteiger partial charge < -0.3 is 10.0 Å². The van der Waals surface area contributed by atoms with Gasteiger partial charge in [0.25, 0.3) is 0 Å². The van der Waals surface area contributed by atoms with Crippen molar-refractivity contribution in [3.05, 3.63) is 0 Å². The van der Waals surface area contributed by atoms with Gasteiger partial charge in [0.15, 0.2) is 0 Å². The summed E-state index contributed by atoms with van der Waals surface area (Å²) in [6, 6.07) is 0. The fourth-order valence-electron chi connectivity index (χ4n) is 1.82. The molecule has 0 aliphatic carbocycles. The van der Waals surface area contributed by atoms with E-state index in [4.69, 9.17) is 0 Å². The molecule has 5 heteroatoms. The number of hydrogen-bond acceptors (Lipinski definition) is 4. The van der Waals surface area contributed by atoms with Gasteiger partial charge in [-0.1, -0.05) is 0 Å². The first-order chi connectivity index (χ1) is 6.75. The van der Waals surface area contributed by atoms with Gasteiger partial charge in [0.1, 0.15) is 0 Å². The molecule has 2 aliphatic heterocycles. The Bertz CT molecular complexity index is 219. The molecule has 2 fully saturated rings. The lowest BCUT2D eigenvalue weighted by Gasteiger charge is -2.26. The van der Waals surface area contributed by atoms with Gasteiger partial charge in [-0.25, -0.2) is 0 Å². The monoisotopic (exact) mass is 233 g/mol. The van der Waals surface area contributed by atoms with E-state index in [-0.39, 0.29) is 5.91 Å². The molecule has 2 rings (SSSR count). The van der Waals surface area contributed by atoms with E-state index in [9.17, 15) is 9.90 Å². The van der Waals surface area contributed by atoms with Crippen LogP contribution in [0.15, 0.2) is 0 Å². The highest BCUT2D eigenvalue weighted by Gasteiger charge is 2.30. The van der Waals surface area contributed by atoms with Gasteiger partial charge in [-0.3, -0.25) is 4.79 Å². The van der Waals surface area contributed by atoms with E-state index in [0.29, 0.717) is 18.2 Å². The third-order valence-corrected chi connectivity index (χ3v) is 5.33. The van der Waals surface area contributed by atoms with Crippen molar-refractivity contribution in [1.29, 1.82) is 0 Å². The number of thioether (sulfide) groups is 2. The molecule has 2 aliphatic rings. The van der Waals surface area contributed by atoms with E-state index in [1.807, 2.05) is 28.4 Å². The molecule has 2 heterocycles. The lowest BCUT2D eigenvalue weighted by molar-refractivity contribution is -0.127.